The summed E-state index contributed by atoms with van der Waals surface area (Å²) in [4.78, 5) is 22.7. The first-order valence-electron chi connectivity index (χ1n) is 4.29. The van der Waals surface area contributed by atoms with Crippen molar-refractivity contribution in [1.29, 1.82) is 0 Å². The van der Waals surface area contributed by atoms with E-state index >= 15 is 0 Å². The number of ketones is 1. The molecule has 1 N–H and O–H groups in total. The summed E-state index contributed by atoms with van der Waals surface area (Å²) >= 11 is 5.76. The fraction of sp³-hybridized carbons (Fsp3) is 0.200. The number of nitrogens with one attached hydrogen (secondary N) is 1. The lowest BCUT2D eigenvalue weighted by atomic mass is 10.1. The van der Waals surface area contributed by atoms with Crippen molar-refractivity contribution < 1.29 is 9.59 Å². The van der Waals surface area contributed by atoms with Crippen LogP contribution in [0.4, 0.5) is 5.69 Å². The quantitative estimate of drug-likeness (QED) is 0.713. The monoisotopic (exact) mass is 209 g/mol. The molecule has 0 saturated carbocycles. The third kappa shape index (κ3) is 1.63. The van der Waals surface area contributed by atoms with Crippen molar-refractivity contribution in [2.45, 2.75) is 12.8 Å². The lowest BCUT2D eigenvalue weighted by Crippen LogP contribution is -2.08. The van der Waals surface area contributed by atoms with Crippen molar-refractivity contribution in [2.75, 3.05) is 5.32 Å². The maximum Gasteiger partial charge on any atom is 0.224 e. The predicted octanol–water partition coefficient (Wildman–Crippen LogP) is 2.25. The summed E-state index contributed by atoms with van der Waals surface area (Å²) in [7, 11) is 0. The molecule has 0 saturated heterocycles. The highest BCUT2D eigenvalue weighted by Crippen LogP contribution is 2.25. The van der Waals surface area contributed by atoms with Crippen LogP contribution >= 0.6 is 11.6 Å². The number of rotatable bonds is 0. The molecule has 1 aromatic rings. The van der Waals surface area contributed by atoms with Crippen molar-refractivity contribution in [3.05, 3.63) is 28.8 Å². The average Bonchev–Trinajstić information content (AvgIpc) is 2.26. The van der Waals surface area contributed by atoms with E-state index in [9.17, 15) is 9.59 Å². The summed E-state index contributed by atoms with van der Waals surface area (Å²) in [6.45, 7) is 0. The Labute approximate surface area is 86.1 Å². The molecule has 0 spiro atoms. The van der Waals surface area contributed by atoms with Crippen LogP contribution < -0.4 is 5.32 Å². The normalized spacial score (nSPS) is 15.8. The van der Waals surface area contributed by atoms with Crippen molar-refractivity contribution in [2.24, 2.45) is 0 Å². The summed E-state index contributed by atoms with van der Waals surface area (Å²) in [5, 5.41) is 3.16. The highest BCUT2D eigenvalue weighted by atomic mass is 35.5. The molecule has 0 bridgehead atoms. The highest BCUT2D eigenvalue weighted by Gasteiger charge is 2.19. The third-order valence-electron chi connectivity index (χ3n) is 2.14. The molecule has 1 aromatic carbocycles. The van der Waals surface area contributed by atoms with Gasteiger partial charge in [-0.15, -0.1) is 0 Å². The average molecular weight is 210 g/mol. The number of hydrogen-bond acceptors (Lipinski definition) is 2. The highest BCUT2D eigenvalue weighted by molar-refractivity contribution is 6.31. The van der Waals surface area contributed by atoms with Gasteiger partial charge < -0.3 is 5.32 Å². The maximum atomic E-state index is 11.5. The number of carbonyl (C=O) groups is 2. The van der Waals surface area contributed by atoms with Crippen LogP contribution in [0.3, 0.4) is 0 Å². The molecule has 0 atom stereocenters. The van der Waals surface area contributed by atoms with Crippen LogP contribution in [0.5, 0.6) is 0 Å². The van der Waals surface area contributed by atoms with Gasteiger partial charge in [0.25, 0.3) is 0 Å². The van der Waals surface area contributed by atoms with E-state index < -0.39 is 0 Å². The summed E-state index contributed by atoms with van der Waals surface area (Å²) < 4.78 is 0. The number of carbonyl (C=O) groups excluding carboxylic acids is 2. The zero-order chi connectivity index (χ0) is 10.1. The fourth-order valence-electron chi connectivity index (χ4n) is 1.44. The first kappa shape index (κ1) is 9.21. The topological polar surface area (TPSA) is 46.2 Å². The molecule has 0 aromatic heterocycles. The molecular weight excluding hydrogens is 202 g/mol. The van der Waals surface area contributed by atoms with E-state index in [4.69, 9.17) is 11.6 Å². The van der Waals surface area contributed by atoms with Gasteiger partial charge in [0.15, 0.2) is 5.78 Å². The van der Waals surface area contributed by atoms with Crippen LogP contribution in [0, 0.1) is 0 Å². The third-order valence-corrected chi connectivity index (χ3v) is 2.37. The van der Waals surface area contributed by atoms with Crippen LogP contribution in [-0.2, 0) is 4.79 Å². The van der Waals surface area contributed by atoms with E-state index in [1.807, 2.05) is 0 Å². The molecule has 0 fully saturated rings. The summed E-state index contributed by atoms with van der Waals surface area (Å²) in [5.41, 5.74) is 1.06. The van der Waals surface area contributed by atoms with Crippen LogP contribution in [0.25, 0.3) is 0 Å². The van der Waals surface area contributed by atoms with E-state index in [2.05, 4.69) is 5.32 Å². The van der Waals surface area contributed by atoms with Gasteiger partial charge >= 0.3 is 0 Å². The Kier molecular flexibility index (Phi) is 2.25. The molecule has 2 rings (SSSR count). The first-order chi connectivity index (χ1) is 6.66. The first-order valence-corrected chi connectivity index (χ1v) is 4.67. The number of fused-ring (bicyclic) bond motifs is 1. The molecule has 1 aliphatic rings. The second-order valence-electron chi connectivity index (χ2n) is 3.16. The number of Topliss-reactive ketones (excluding diaryl/α,β-unsaturated/α-hetero) is 1. The molecule has 1 amide bonds. The van der Waals surface area contributed by atoms with E-state index in [1.54, 1.807) is 18.2 Å². The Morgan fingerprint density at radius 1 is 1.21 bits per heavy atom. The zero-order valence-corrected chi connectivity index (χ0v) is 8.10. The van der Waals surface area contributed by atoms with Gasteiger partial charge in [0.05, 0.1) is 5.69 Å². The van der Waals surface area contributed by atoms with Crippen LogP contribution in [-0.4, -0.2) is 11.7 Å². The second-order valence-corrected chi connectivity index (χ2v) is 3.60. The van der Waals surface area contributed by atoms with Gasteiger partial charge in [0.2, 0.25) is 5.91 Å². The largest absolute Gasteiger partial charge is 0.325 e. The van der Waals surface area contributed by atoms with Gasteiger partial charge in [-0.25, -0.2) is 0 Å². The van der Waals surface area contributed by atoms with E-state index in [0.717, 1.165) is 0 Å². The molecule has 0 unspecified atom stereocenters. The molecule has 3 nitrogen and oxygen atoms in total. The van der Waals surface area contributed by atoms with Crippen LogP contribution in [0.1, 0.15) is 23.2 Å². The number of anilines is 1. The van der Waals surface area contributed by atoms with Gasteiger partial charge in [-0.2, -0.15) is 0 Å². The summed E-state index contributed by atoms with van der Waals surface area (Å²) in [6.07, 6.45) is 0.506. The Balaban J connectivity index is 2.52. The molecule has 1 heterocycles. The van der Waals surface area contributed by atoms with Crippen molar-refractivity contribution >= 4 is 29.0 Å². The SMILES string of the molecule is O=C1CCC(=O)c2ccc(Cl)cc2N1. The maximum absolute atomic E-state index is 11.5. The van der Waals surface area contributed by atoms with Gasteiger partial charge in [0, 0.05) is 23.4 Å². The zero-order valence-electron chi connectivity index (χ0n) is 7.34. The van der Waals surface area contributed by atoms with Crippen LogP contribution in [0.2, 0.25) is 5.02 Å². The van der Waals surface area contributed by atoms with Crippen molar-refractivity contribution in [3.63, 3.8) is 0 Å². The Hall–Kier alpha value is -1.35. The Morgan fingerprint density at radius 2 is 2.00 bits per heavy atom. The lowest BCUT2D eigenvalue weighted by Gasteiger charge is -2.04. The molecule has 72 valence electrons. The van der Waals surface area contributed by atoms with Crippen LogP contribution in [0.15, 0.2) is 18.2 Å². The van der Waals surface area contributed by atoms with Gasteiger partial charge in [-0.05, 0) is 18.2 Å². The molecule has 1 aliphatic heterocycles. The summed E-state index contributed by atoms with van der Waals surface area (Å²) in [6, 6.07) is 4.89. The van der Waals surface area contributed by atoms with Gasteiger partial charge in [-0.1, -0.05) is 11.6 Å². The number of amides is 1. The molecule has 0 radical (unpaired) electrons. The standard InChI is InChI=1S/C10H8ClNO2/c11-6-1-2-7-8(5-6)12-10(14)4-3-9(7)13/h1-2,5H,3-4H2,(H,12,14). The predicted molar refractivity (Wildman–Crippen MR) is 53.6 cm³/mol. The number of hydrogen-bond donors (Lipinski definition) is 1. The minimum Gasteiger partial charge on any atom is -0.325 e. The molecule has 0 aliphatic carbocycles. The Bertz CT molecular complexity index is 415. The van der Waals surface area contributed by atoms with Crippen molar-refractivity contribution in [1.82, 2.24) is 0 Å². The minimum absolute atomic E-state index is 0.0185. The second kappa shape index (κ2) is 3.42. The van der Waals surface area contributed by atoms with Gasteiger partial charge in [-0.3, -0.25) is 9.59 Å². The number of benzene rings is 1. The lowest BCUT2D eigenvalue weighted by molar-refractivity contribution is -0.116. The van der Waals surface area contributed by atoms with E-state index in [-0.39, 0.29) is 24.5 Å². The van der Waals surface area contributed by atoms with E-state index in [0.29, 0.717) is 16.3 Å². The van der Waals surface area contributed by atoms with Gasteiger partial charge in [0.1, 0.15) is 0 Å². The summed E-state index contributed by atoms with van der Waals surface area (Å²) in [5.74, 6) is -0.158. The smallest absolute Gasteiger partial charge is 0.224 e. The minimum atomic E-state index is -0.139. The fourth-order valence-corrected chi connectivity index (χ4v) is 1.61. The molecule has 14 heavy (non-hydrogen) atoms. The molecule has 4 heteroatoms. The number of halogens is 1. The van der Waals surface area contributed by atoms with Crippen molar-refractivity contribution in [3.8, 4) is 0 Å². The van der Waals surface area contributed by atoms with E-state index in [1.165, 1.54) is 0 Å². The molecular formula is C10H8ClNO2. The Morgan fingerprint density at radius 3 is 2.79 bits per heavy atom.